The second-order valence-corrected chi connectivity index (χ2v) is 4.04. The van der Waals surface area contributed by atoms with Gasteiger partial charge < -0.3 is 5.32 Å². The number of aromatic nitrogens is 1. The van der Waals surface area contributed by atoms with Crippen LogP contribution in [0.5, 0.6) is 0 Å². The number of carbonyl (C=O) groups is 1. The second kappa shape index (κ2) is 6.31. The van der Waals surface area contributed by atoms with E-state index in [1.807, 2.05) is 36.4 Å². The van der Waals surface area contributed by atoms with Gasteiger partial charge in [-0.15, -0.1) is 0 Å². The molecule has 19 heavy (non-hydrogen) atoms. The number of carbonyl (C=O) groups excluding carboxylic acids is 1. The Morgan fingerprint density at radius 3 is 2.79 bits per heavy atom. The number of nitrogens with zero attached hydrogens (tertiary/aromatic N) is 2. The zero-order valence-corrected chi connectivity index (χ0v) is 10.3. The summed E-state index contributed by atoms with van der Waals surface area (Å²) in [6.07, 6.45) is 1.75. The van der Waals surface area contributed by atoms with Crippen molar-refractivity contribution in [1.82, 2.24) is 10.3 Å². The van der Waals surface area contributed by atoms with Crippen molar-refractivity contribution in [3.05, 3.63) is 65.5 Å². The van der Waals surface area contributed by atoms with Gasteiger partial charge in [0.15, 0.2) is 0 Å². The Labute approximate surface area is 111 Å². The van der Waals surface area contributed by atoms with Crippen LogP contribution in [0.4, 0.5) is 0 Å². The number of amides is 1. The Morgan fingerprint density at radius 1 is 1.26 bits per heavy atom. The van der Waals surface area contributed by atoms with Crippen LogP contribution in [0.15, 0.2) is 48.7 Å². The van der Waals surface area contributed by atoms with Gasteiger partial charge in [0.2, 0.25) is 0 Å². The van der Waals surface area contributed by atoms with Gasteiger partial charge in [-0.3, -0.25) is 9.78 Å². The first-order valence-corrected chi connectivity index (χ1v) is 5.93. The minimum absolute atomic E-state index is 0.162. The molecule has 0 saturated carbocycles. The highest BCUT2D eigenvalue weighted by Gasteiger charge is 2.06. The minimum Gasteiger partial charge on any atom is -0.348 e. The van der Waals surface area contributed by atoms with Gasteiger partial charge in [0.05, 0.1) is 18.2 Å². The first-order chi connectivity index (χ1) is 9.29. The first-order valence-electron chi connectivity index (χ1n) is 5.93. The lowest BCUT2D eigenvalue weighted by atomic mass is 10.2. The van der Waals surface area contributed by atoms with E-state index in [-0.39, 0.29) is 12.3 Å². The summed E-state index contributed by atoms with van der Waals surface area (Å²) in [5.74, 6) is -0.162. The Hall–Kier alpha value is -2.67. The zero-order chi connectivity index (χ0) is 13.5. The maximum atomic E-state index is 12.0. The molecule has 94 valence electrons. The molecule has 4 nitrogen and oxygen atoms in total. The van der Waals surface area contributed by atoms with Gasteiger partial charge in [-0.25, -0.2) is 0 Å². The molecule has 0 aliphatic heterocycles. The van der Waals surface area contributed by atoms with Crippen LogP contribution in [0, 0.1) is 11.3 Å². The molecule has 1 aromatic heterocycles. The van der Waals surface area contributed by atoms with Crippen LogP contribution in [-0.4, -0.2) is 10.9 Å². The van der Waals surface area contributed by atoms with Crippen LogP contribution in [0.2, 0.25) is 0 Å². The van der Waals surface area contributed by atoms with Crippen LogP contribution < -0.4 is 5.32 Å². The Kier molecular flexibility index (Phi) is 4.25. The highest BCUT2D eigenvalue weighted by Crippen LogP contribution is 2.04. The predicted molar refractivity (Wildman–Crippen MR) is 71.2 cm³/mol. The van der Waals surface area contributed by atoms with E-state index in [2.05, 4.69) is 10.3 Å². The van der Waals surface area contributed by atoms with E-state index in [1.165, 1.54) is 0 Å². The molecule has 0 atom stereocenters. The van der Waals surface area contributed by atoms with E-state index in [1.54, 1.807) is 18.3 Å². The molecule has 1 amide bonds. The molecule has 1 aromatic carbocycles. The van der Waals surface area contributed by atoms with Gasteiger partial charge in [0.1, 0.15) is 0 Å². The topological polar surface area (TPSA) is 65.8 Å². The Balaban J connectivity index is 2.00. The van der Waals surface area contributed by atoms with Crippen molar-refractivity contribution < 1.29 is 4.79 Å². The van der Waals surface area contributed by atoms with Crippen LogP contribution in [-0.2, 0) is 13.0 Å². The summed E-state index contributed by atoms with van der Waals surface area (Å²) in [4.78, 5) is 16.0. The van der Waals surface area contributed by atoms with Gasteiger partial charge in [-0.2, -0.15) is 5.26 Å². The predicted octanol–water partition coefficient (Wildman–Crippen LogP) is 2.08. The van der Waals surface area contributed by atoms with Crippen molar-refractivity contribution in [2.45, 2.75) is 13.0 Å². The number of benzene rings is 1. The number of nitrogens with one attached hydrogen (secondary N) is 1. The molecule has 1 heterocycles. The average molecular weight is 251 g/mol. The van der Waals surface area contributed by atoms with Crippen molar-refractivity contribution >= 4 is 5.91 Å². The molecular formula is C15H13N3O. The van der Waals surface area contributed by atoms with Gasteiger partial charge >= 0.3 is 0 Å². The molecule has 0 unspecified atom stereocenters. The van der Waals surface area contributed by atoms with Crippen molar-refractivity contribution in [3.8, 4) is 6.07 Å². The lowest BCUT2D eigenvalue weighted by Crippen LogP contribution is -2.22. The van der Waals surface area contributed by atoms with E-state index in [0.717, 1.165) is 5.56 Å². The fourth-order valence-corrected chi connectivity index (χ4v) is 1.68. The van der Waals surface area contributed by atoms with Gasteiger partial charge in [-0.1, -0.05) is 30.3 Å². The third-order valence-electron chi connectivity index (χ3n) is 2.63. The Bertz CT molecular complexity index is 602. The third kappa shape index (κ3) is 3.65. The molecule has 0 spiro atoms. The smallest absolute Gasteiger partial charge is 0.251 e. The van der Waals surface area contributed by atoms with Crippen LogP contribution >= 0.6 is 0 Å². The molecule has 0 saturated heterocycles. The first kappa shape index (κ1) is 12.8. The van der Waals surface area contributed by atoms with E-state index in [4.69, 9.17) is 5.26 Å². The van der Waals surface area contributed by atoms with Gasteiger partial charge in [0, 0.05) is 18.3 Å². The highest BCUT2D eigenvalue weighted by molar-refractivity contribution is 5.94. The standard InChI is InChI=1S/C15H13N3O/c16-8-6-14-10-13(7-9-17-14)15(19)18-11-12-4-2-1-3-5-12/h1-5,7,9-10H,6,11H2,(H,18,19). The monoisotopic (exact) mass is 251 g/mol. The molecule has 0 bridgehead atoms. The van der Waals surface area contributed by atoms with Crippen molar-refractivity contribution in [2.24, 2.45) is 0 Å². The summed E-state index contributed by atoms with van der Waals surface area (Å²) in [5, 5.41) is 11.4. The number of pyridine rings is 1. The fraction of sp³-hybridized carbons (Fsp3) is 0.133. The number of hydrogen-bond acceptors (Lipinski definition) is 3. The Morgan fingerprint density at radius 2 is 2.05 bits per heavy atom. The van der Waals surface area contributed by atoms with Crippen molar-refractivity contribution in [2.75, 3.05) is 0 Å². The molecule has 2 aromatic rings. The molecule has 1 N–H and O–H groups in total. The summed E-state index contributed by atoms with van der Waals surface area (Å²) in [6, 6.07) is 15.0. The van der Waals surface area contributed by atoms with Crippen LogP contribution in [0.25, 0.3) is 0 Å². The number of hydrogen-bond donors (Lipinski definition) is 1. The maximum absolute atomic E-state index is 12.0. The molecular weight excluding hydrogens is 238 g/mol. The van der Waals surface area contributed by atoms with Crippen molar-refractivity contribution in [1.29, 1.82) is 5.26 Å². The summed E-state index contributed by atoms with van der Waals surface area (Å²) in [7, 11) is 0. The van der Waals surface area contributed by atoms with E-state index < -0.39 is 0 Å². The number of rotatable bonds is 4. The third-order valence-corrected chi connectivity index (χ3v) is 2.63. The normalized spacial score (nSPS) is 9.63. The van der Waals surface area contributed by atoms with E-state index >= 15 is 0 Å². The molecule has 2 rings (SSSR count). The van der Waals surface area contributed by atoms with Crippen LogP contribution in [0.3, 0.4) is 0 Å². The van der Waals surface area contributed by atoms with Gasteiger partial charge in [0.25, 0.3) is 5.91 Å². The average Bonchev–Trinajstić information content (AvgIpc) is 2.46. The molecule has 0 aliphatic rings. The van der Waals surface area contributed by atoms with Crippen molar-refractivity contribution in [3.63, 3.8) is 0 Å². The summed E-state index contributed by atoms with van der Waals surface area (Å²) < 4.78 is 0. The second-order valence-electron chi connectivity index (χ2n) is 4.04. The lowest BCUT2D eigenvalue weighted by molar-refractivity contribution is 0.0950. The minimum atomic E-state index is -0.162. The molecule has 0 fully saturated rings. The molecule has 0 radical (unpaired) electrons. The molecule has 0 aliphatic carbocycles. The highest BCUT2D eigenvalue weighted by atomic mass is 16.1. The zero-order valence-electron chi connectivity index (χ0n) is 10.3. The molecule has 4 heteroatoms. The summed E-state index contributed by atoms with van der Waals surface area (Å²) in [6.45, 7) is 0.482. The number of nitriles is 1. The maximum Gasteiger partial charge on any atom is 0.251 e. The van der Waals surface area contributed by atoms with Gasteiger partial charge in [-0.05, 0) is 17.7 Å². The largest absolute Gasteiger partial charge is 0.348 e. The quantitative estimate of drug-likeness (QED) is 0.904. The fourth-order valence-electron chi connectivity index (χ4n) is 1.68. The van der Waals surface area contributed by atoms with Crippen LogP contribution in [0.1, 0.15) is 21.6 Å². The van der Waals surface area contributed by atoms with E-state index in [9.17, 15) is 4.79 Å². The summed E-state index contributed by atoms with van der Waals surface area (Å²) >= 11 is 0. The summed E-state index contributed by atoms with van der Waals surface area (Å²) in [5.41, 5.74) is 2.17. The SMILES string of the molecule is N#CCc1cc(C(=O)NCc2ccccc2)ccn1. The van der Waals surface area contributed by atoms with E-state index in [0.29, 0.717) is 17.8 Å². The lowest BCUT2D eigenvalue weighted by Gasteiger charge is -2.05.